The molecule has 1 aromatic carbocycles. The van der Waals surface area contributed by atoms with Gasteiger partial charge in [0.2, 0.25) is 0 Å². The van der Waals surface area contributed by atoms with Crippen molar-refractivity contribution in [2.45, 2.75) is 6.92 Å². The van der Waals surface area contributed by atoms with Crippen molar-refractivity contribution in [3.05, 3.63) is 36.4 Å². The molecule has 0 fully saturated rings. The standard InChI is InChI=1S/C12H15NO3/c1-3-5-13(4-2)12(16)9-6-10(14)8-11(15)7-9/h3,6-8,14-15H,1,4-5H2,2H3. The van der Waals surface area contributed by atoms with Crippen molar-refractivity contribution in [2.75, 3.05) is 13.1 Å². The lowest BCUT2D eigenvalue weighted by atomic mass is 10.1. The molecule has 2 N–H and O–H groups in total. The molecule has 0 aromatic heterocycles. The van der Waals surface area contributed by atoms with E-state index in [0.717, 1.165) is 0 Å². The second-order valence-corrected chi connectivity index (χ2v) is 3.37. The van der Waals surface area contributed by atoms with Gasteiger partial charge < -0.3 is 15.1 Å². The van der Waals surface area contributed by atoms with Crippen LogP contribution in [0.1, 0.15) is 17.3 Å². The van der Waals surface area contributed by atoms with Gasteiger partial charge >= 0.3 is 0 Å². The van der Waals surface area contributed by atoms with E-state index in [1.165, 1.54) is 18.2 Å². The summed E-state index contributed by atoms with van der Waals surface area (Å²) in [5, 5.41) is 18.6. The highest BCUT2D eigenvalue weighted by atomic mass is 16.3. The van der Waals surface area contributed by atoms with Gasteiger partial charge in [-0.05, 0) is 19.1 Å². The summed E-state index contributed by atoms with van der Waals surface area (Å²) in [6, 6.07) is 3.84. The van der Waals surface area contributed by atoms with Gasteiger partial charge in [0.15, 0.2) is 0 Å². The number of hydrogen-bond donors (Lipinski definition) is 2. The molecule has 0 radical (unpaired) electrons. The zero-order chi connectivity index (χ0) is 12.1. The van der Waals surface area contributed by atoms with Gasteiger partial charge in [-0.25, -0.2) is 0 Å². The predicted molar refractivity (Wildman–Crippen MR) is 61.5 cm³/mol. The molecular formula is C12H15NO3. The lowest BCUT2D eigenvalue weighted by Gasteiger charge is -2.19. The number of nitrogens with zero attached hydrogens (tertiary/aromatic N) is 1. The number of phenols is 2. The van der Waals surface area contributed by atoms with Crippen molar-refractivity contribution in [3.8, 4) is 11.5 Å². The number of amides is 1. The number of phenolic OH excluding ortho intramolecular Hbond substituents is 2. The SMILES string of the molecule is C=CCN(CC)C(=O)c1cc(O)cc(O)c1. The largest absolute Gasteiger partial charge is 0.508 e. The van der Waals surface area contributed by atoms with Gasteiger partial charge in [-0.15, -0.1) is 6.58 Å². The van der Waals surface area contributed by atoms with Crippen LogP contribution in [0, 0.1) is 0 Å². The maximum Gasteiger partial charge on any atom is 0.254 e. The molecule has 0 spiro atoms. The van der Waals surface area contributed by atoms with E-state index in [2.05, 4.69) is 6.58 Å². The summed E-state index contributed by atoms with van der Waals surface area (Å²) in [7, 11) is 0. The molecular weight excluding hydrogens is 206 g/mol. The van der Waals surface area contributed by atoms with Crippen molar-refractivity contribution in [1.82, 2.24) is 4.90 Å². The van der Waals surface area contributed by atoms with E-state index < -0.39 is 0 Å². The Bertz CT molecular complexity index is 381. The van der Waals surface area contributed by atoms with Crippen LogP contribution in [-0.4, -0.2) is 34.1 Å². The first-order chi connectivity index (χ1) is 7.58. The normalized spacial score (nSPS) is 9.81. The highest BCUT2D eigenvalue weighted by molar-refractivity contribution is 5.95. The number of carbonyl (C=O) groups is 1. The molecule has 0 aliphatic heterocycles. The summed E-state index contributed by atoms with van der Waals surface area (Å²) in [5.74, 6) is -0.496. The third-order valence-corrected chi connectivity index (χ3v) is 2.17. The van der Waals surface area contributed by atoms with Crippen molar-refractivity contribution < 1.29 is 15.0 Å². The summed E-state index contributed by atoms with van der Waals surface area (Å²) >= 11 is 0. The molecule has 0 bridgehead atoms. The topological polar surface area (TPSA) is 60.8 Å². The van der Waals surface area contributed by atoms with E-state index in [1.54, 1.807) is 11.0 Å². The van der Waals surface area contributed by atoms with E-state index in [0.29, 0.717) is 13.1 Å². The van der Waals surface area contributed by atoms with Crippen LogP contribution in [-0.2, 0) is 0 Å². The number of likely N-dealkylation sites (N-methyl/N-ethyl adjacent to an activating group) is 1. The maximum atomic E-state index is 11.9. The molecule has 0 heterocycles. The van der Waals surface area contributed by atoms with Gasteiger partial charge in [-0.3, -0.25) is 4.79 Å². The van der Waals surface area contributed by atoms with Crippen LogP contribution in [0.25, 0.3) is 0 Å². The summed E-state index contributed by atoms with van der Waals surface area (Å²) in [5.41, 5.74) is 0.265. The van der Waals surface area contributed by atoms with Crippen LogP contribution < -0.4 is 0 Å². The summed E-state index contributed by atoms with van der Waals surface area (Å²) in [4.78, 5) is 13.5. The Kier molecular flexibility index (Phi) is 3.94. The first-order valence-electron chi connectivity index (χ1n) is 5.01. The van der Waals surface area contributed by atoms with Crippen LogP contribution in [0.15, 0.2) is 30.9 Å². The molecule has 16 heavy (non-hydrogen) atoms. The fourth-order valence-electron chi connectivity index (χ4n) is 1.41. The minimum Gasteiger partial charge on any atom is -0.508 e. The van der Waals surface area contributed by atoms with Gasteiger partial charge in [0, 0.05) is 24.7 Å². The third-order valence-electron chi connectivity index (χ3n) is 2.17. The van der Waals surface area contributed by atoms with E-state index in [1.807, 2.05) is 6.92 Å². The fourth-order valence-corrected chi connectivity index (χ4v) is 1.41. The van der Waals surface area contributed by atoms with Crippen molar-refractivity contribution in [1.29, 1.82) is 0 Å². The van der Waals surface area contributed by atoms with E-state index in [9.17, 15) is 15.0 Å². The van der Waals surface area contributed by atoms with Crippen LogP contribution in [0.4, 0.5) is 0 Å². The molecule has 0 atom stereocenters. The molecule has 86 valence electrons. The highest BCUT2D eigenvalue weighted by Gasteiger charge is 2.14. The summed E-state index contributed by atoms with van der Waals surface area (Å²) in [6.07, 6.45) is 1.63. The zero-order valence-electron chi connectivity index (χ0n) is 9.18. The smallest absolute Gasteiger partial charge is 0.254 e. The number of aromatic hydroxyl groups is 2. The van der Waals surface area contributed by atoms with E-state index >= 15 is 0 Å². The minimum absolute atomic E-state index is 0.127. The molecule has 4 heteroatoms. The predicted octanol–water partition coefficient (Wildman–Crippen LogP) is 1.75. The Balaban J connectivity index is 2.98. The second kappa shape index (κ2) is 5.21. The van der Waals surface area contributed by atoms with E-state index in [4.69, 9.17) is 0 Å². The minimum atomic E-state index is -0.242. The Morgan fingerprint density at radius 1 is 1.38 bits per heavy atom. The van der Waals surface area contributed by atoms with Gasteiger partial charge in [0.1, 0.15) is 11.5 Å². The van der Waals surface area contributed by atoms with Crippen LogP contribution >= 0.6 is 0 Å². The molecule has 1 rings (SSSR count). The third kappa shape index (κ3) is 2.76. The average molecular weight is 221 g/mol. The number of benzene rings is 1. The number of hydrogen-bond acceptors (Lipinski definition) is 3. The first-order valence-corrected chi connectivity index (χ1v) is 5.01. The van der Waals surface area contributed by atoms with Crippen LogP contribution in [0.3, 0.4) is 0 Å². The lowest BCUT2D eigenvalue weighted by Crippen LogP contribution is -2.30. The molecule has 0 aliphatic rings. The van der Waals surface area contributed by atoms with Crippen LogP contribution in [0.2, 0.25) is 0 Å². The fraction of sp³-hybridized carbons (Fsp3) is 0.250. The maximum absolute atomic E-state index is 11.9. The number of carbonyl (C=O) groups excluding carboxylic acids is 1. The Morgan fingerprint density at radius 3 is 2.38 bits per heavy atom. The highest BCUT2D eigenvalue weighted by Crippen LogP contribution is 2.21. The second-order valence-electron chi connectivity index (χ2n) is 3.37. The van der Waals surface area contributed by atoms with Crippen LogP contribution in [0.5, 0.6) is 11.5 Å². The summed E-state index contributed by atoms with van der Waals surface area (Å²) < 4.78 is 0. The van der Waals surface area contributed by atoms with Crippen molar-refractivity contribution in [2.24, 2.45) is 0 Å². The van der Waals surface area contributed by atoms with Gasteiger partial charge in [0.25, 0.3) is 5.91 Å². The van der Waals surface area contributed by atoms with Crippen molar-refractivity contribution in [3.63, 3.8) is 0 Å². The van der Waals surface area contributed by atoms with Gasteiger partial charge in [0.05, 0.1) is 0 Å². The van der Waals surface area contributed by atoms with E-state index in [-0.39, 0.29) is 23.0 Å². The molecule has 0 aliphatic carbocycles. The zero-order valence-corrected chi connectivity index (χ0v) is 9.18. The van der Waals surface area contributed by atoms with Gasteiger partial charge in [-0.1, -0.05) is 6.08 Å². The molecule has 0 saturated heterocycles. The Labute approximate surface area is 94.4 Å². The quantitative estimate of drug-likeness (QED) is 0.761. The van der Waals surface area contributed by atoms with Crippen molar-refractivity contribution >= 4 is 5.91 Å². The first kappa shape index (κ1) is 12.1. The molecule has 1 aromatic rings. The molecule has 4 nitrogen and oxygen atoms in total. The Hall–Kier alpha value is -1.97. The molecule has 0 unspecified atom stereocenters. The van der Waals surface area contributed by atoms with Gasteiger partial charge in [-0.2, -0.15) is 0 Å². The molecule has 0 saturated carbocycles. The summed E-state index contributed by atoms with van der Waals surface area (Å²) in [6.45, 7) is 6.40. The monoisotopic (exact) mass is 221 g/mol. The lowest BCUT2D eigenvalue weighted by molar-refractivity contribution is 0.0781. The Morgan fingerprint density at radius 2 is 1.94 bits per heavy atom. The average Bonchev–Trinajstić information content (AvgIpc) is 2.23. The molecule has 1 amide bonds. The number of rotatable bonds is 4.